The molecule has 2 rings (SSSR count). The molecule has 1 heterocycles. The van der Waals surface area contributed by atoms with E-state index in [1.165, 1.54) is 0 Å². The van der Waals surface area contributed by atoms with Gasteiger partial charge in [-0.05, 0) is 32.5 Å². The van der Waals surface area contributed by atoms with Gasteiger partial charge in [0.2, 0.25) is 0 Å². The van der Waals surface area contributed by atoms with Crippen molar-refractivity contribution in [1.29, 1.82) is 0 Å². The number of benzene rings is 1. The van der Waals surface area contributed by atoms with E-state index in [1.54, 1.807) is 0 Å². The number of rotatable bonds is 8. The molecule has 0 amide bonds. The van der Waals surface area contributed by atoms with Gasteiger partial charge in [-0.25, -0.2) is 0 Å². The molecule has 0 bridgehead atoms. The third-order valence-electron chi connectivity index (χ3n) is 4.58. The fourth-order valence-corrected chi connectivity index (χ4v) is 2.84. The molecule has 0 saturated carbocycles. The fourth-order valence-electron chi connectivity index (χ4n) is 2.84. The summed E-state index contributed by atoms with van der Waals surface area (Å²) < 4.78 is 5.70. The van der Waals surface area contributed by atoms with Crippen LogP contribution in [0.4, 0.5) is 0 Å². The monoisotopic (exact) mass is 475 g/mol. The molecule has 1 aliphatic heterocycles. The summed E-state index contributed by atoms with van der Waals surface area (Å²) in [6.45, 7) is 9.31. The molecule has 2 N–H and O–H groups in total. The molecule has 7 heteroatoms. The summed E-state index contributed by atoms with van der Waals surface area (Å²) in [5, 5.41) is 6.78. The first-order valence-electron chi connectivity index (χ1n) is 9.24. The Balaban J connectivity index is 0.00000338. The zero-order valence-electron chi connectivity index (χ0n) is 16.3. The van der Waals surface area contributed by atoms with Gasteiger partial charge in [0.1, 0.15) is 5.75 Å². The number of aliphatic imine (C=N–C) groups is 1. The van der Waals surface area contributed by atoms with Crippen molar-refractivity contribution < 1.29 is 4.74 Å². The maximum Gasteiger partial charge on any atom is 0.191 e. The van der Waals surface area contributed by atoms with Crippen LogP contribution in [0.2, 0.25) is 0 Å². The van der Waals surface area contributed by atoms with Crippen molar-refractivity contribution in [1.82, 2.24) is 20.4 Å². The second-order valence-corrected chi connectivity index (χ2v) is 6.58. The van der Waals surface area contributed by atoms with Gasteiger partial charge in [-0.1, -0.05) is 18.2 Å². The molecule has 0 aliphatic carbocycles. The van der Waals surface area contributed by atoms with Gasteiger partial charge in [-0.15, -0.1) is 24.0 Å². The van der Waals surface area contributed by atoms with Crippen LogP contribution in [-0.2, 0) is 0 Å². The van der Waals surface area contributed by atoms with Crippen LogP contribution in [0.5, 0.6) is 5.75 Å². The van der Waals surface area contributed by atoms with Gasteiger partial charge in [-0.3, -0.25) is 9.89 Å². The maximum atomic E-state index is 5.70. The van der Waals surface area contributed by atoms with Gasteiger partial charge < -0.3 is 20.3 Å². The van der Waals surface area contributed by atoms with E-state index in [2.05, 4.69) is 39.4 Å². The molecule has 148 valence electrons. The number of guanidine groups is 1. The summed E-state index contributed by atoms with van der Waals surface area (Å²) >= 11 is 0. The number of hydrogen-bond donors (Lipinski definition) is 2. The third kappa shape index (κ3) is 8.55. The van der Waals surface area contributed by atoms with Crippen LogP contribution in [0.1, 0.15) is 13.3 Å². The van der Waals surface area contributed by atoms with Crippen LogP contribution < -0.4 is 15.4 Å². The Labute approximate surface area is 175 Å². The van der Waals surface area contributed by atoms with Crippen LogP contribution in [0.15, 0.2) is 35.3 Å². The predicted octanol–water partition coefficient (Wildman–Crippen LogP) is 1.87. The van der Waals surface area contributed by atoms with E-state index < -0.39 is 0 Å². The minimum Gasteiger partial charge on any atom is -0.494 e. The number of hydrogen-bond acceptors (Lipinski definition) is 4. The van der Waals surface area contributed by atoms with E-state index in [0.29, 0.717) is 12.6 Å². The van der Waals surface area contributed by atoms with Gasteiger partial charge in [0.25, 0.3) is 0 Å². The largest absolute Gasteiger partial charge is 0.494 e. The first-order chi connectivity index (χ1) is 12.2. The molecule has 1 aromatic carbocycles. The van der Waals surface area contributed by atoms with Crippen LogP contribution in [0.3, 0.4) is 0 Å². The normalized spacial score (nSPS) is 17.3. The number of para-hydroxylation sites is 1. The second-order valence-electron chi connectivity index (χ2n) is 6.58. The number of ether oxygens (including phenoxy) is 1. The average Bonchev–Trinajstić information content (AvgIpc) is 2.65. The Hall–Kier alpha value is -1.06. The van der Waals surface area contributed by atoms with Crippen LogP contribution >= 0.6 is 24.0 Å². The number of nitrogens with one attached hydrogen (secondary N) is 2. The molecule has 1 fully saturated rings. The van der Waals surface area contributed by atoms with Gasteiger partial charge in [-0.2, -0.15) is 0 Å². The molecule has 1 aromatic rings. The molecule has 1 aliphatic rings. The minimum atomic E-state index is 0. The summed E-state index contributed by atoms with van der Waals surface area (Å²) in [5.74, 6) is 1.78. The highest BCUT2D eigenvalue weighted by Crippen LogP contribution is 2.08. The average molecular weight is 475 g/mol. The molecular weight excluding hydrogens is 441 g/mol. The summed E-state index contributed by atoms with van der Waals surface area (Å²) in [4.78, 5) is 9.22. The molecular formula is C19H34IN5O. The molecule has 1 unspecified atom stereocenters. The lowest BCUT2D eigenvalue weighted by atomic mass is 10.2. The maximum absolute atomic E-state index is 5.70. The second kappa shape index (κ2) is 13.2. The van der Waals surface area contributed by atoms with Gasteiger partial charge in [0, 0.05) is 52.4 Å². The zero-order chi connectivity index (χ0) is 17.9. The lowest BCUT2D eigenvalue weighted by Gasteiger charge is -2.36. The fraction of sp³-hybridized carbons (Fsp3) is 0.632. The van der Waals surface area contributed by atoms with Crippen molar-refractivity contribution >= 4 is 29.9 Å². The zero-order valence-corrected chi connectivity index (χ0v) is 18.6. The first-order valence-corrected chi connectivity index (χ1v) is 9.24. The summed E-state index contributed by atoms with van der Waals surface area (Å²) in [5.41, 5.74) is 0. The smallest absolute Gasteiger partial charge is 0.191 e. The van der Waals surface area contributed by atoms with E-state index in [4.69, 9.17) is 4.74 Å². The van der Waals surface area contributed by atoms with Crippen molar-refractivity contribution in [2.24, 2.45) is 4.99 Å². The minimum absolute atomic E-state index is 0. The Kier molecular flexibility index (Phi) is 11.6. The third-order valence-corrected chi connectivity index (χ3v) is 4.58. The van der Waals surface area contributed by atoms with Gasteiger partial charge in [0.05, 0.1) is 6.61 Å². The lowest BCUT2D eigenvalue weighted by Crippen LogP contribution is -2.52. The number of halogens is 1. The molecule has 0 spiro atoms. The first kappa shape index (κ1) is 23.0. The Bertz CT molecular complexity index is 506. The van der Waals surface area contributed by atoms with Gasteiger partial charge >= 0.3 is 0 Å². The van der Waals surface area contributed by atoms with Crippen LogP contribution in [0, 0.1) is 0 Å². The van der Waals surface area contributed by atoms with E-state index in [1.807, 2.05) is 37.4 Å². The van der Waals surface area contributed by atoms with E-state index in [-0.39, 0.29) is 24.0 Å². The highest BCUT2D eigenvalue weighted by atomic mass is 127. The molecule has 0 aromatic heterocycles. The topological polar surface area (TPSA) is 52.1 Å². The van der Waals surface area contributed by atoms with Crippen molar-refractivity contribution in [2.75, 3.05) is 60.0 Å². The molecule has 1 atom stereocenters. The summed E-state index contributed by atoms with van der Waals surface area (Å²) in [6, 6.07) is 10.4. The van der Waals surface area contributed by atoms with E-state index in [9.17, 15) is 0 Å². The Morgan fingerprint density at radius 2 is 1.85 bits per heavy atom. The van der Waals surface area contributed by atoms with Crippen molar-refractivity contribution in [3.63, 3.8) is 0 Å². The highest BCUT2D eigenvalue weighted by Gasteiger charge is 2.18. The highest BCUT2D eigenvalue weighted by molar-refractivity contribution is 14.0. The number of nitrogens with zero attached hydrogens (tertiary/aromatic N) is 3. The molecule has 6 nitrogen and oxygen atoms in total. The van der Waals surface area contributed by atoms with Gasteiger partial charge in [0.15, 0.2) is 5.96 Å². The number of likely N-dealkylation sites (N-methyl/N-ethyl adjacent to an activating group) is 1. The van der Waals surface area contributed by atoms with E-state index >= 15 is 0 Å². The SMILES string of the molecule is CN=C(NCCCOc1ccccc1)NCC(C)N1CCN(C)CC1.I. The predicted molar refractivity (Wildman–Crippen MR) is 120 cm³/mol. The molecule has 1 saturated heterocycles. The Morgan fingerprint density at radius 3 is 2.50 bits per heavy atom. The Morgan fingerprint density at radius 1 is 1.15 bits per heavy atom. The van der Waals surface area contributed by atoms with E-state index in [0.717, 1.165) is 57.4 Å². The van der Waals surface area contributed by atoms with Crippen LogP contribution in [0.25, 0.3) is 0 Å². The lowest BCUT2D eigenvalue weighted by molar-refractivity contribution is 0.120. The van der Waals surface area contributed by atoms with Crippen LogP contribution in [-0.4, -0.2) is 81.8 Å². The molecule has 26 heavy (non-hydrogen) atoms. The van der Waals surface area contributed by atoms with Crippen molar-refractivity contribution in [3.8, 4) is 5.75 Å². The van der Waals surface area contributed by atoms with Crippen molar-refractivity contribution in [3.05, 3.63) is 30.3 Å². The quantitative estimate of drug-likeness (QED) is 0.260. The molecule has 0 radical (unpaired) electrons. The standard InChI is InChI=1S/C19H33N5O.HI/c1-17(24-13-11-23(3)12-14-24)16-22-19(20-2)21-10-7-15-25-18-8-5-4-6-9-18;/h4-6,8-9,17H,7,10-16H2,1-3H3,(H2,20,21,22);1H. The van der Waals surface area contributed by atoms with Crippen molar-refractivity contribution in [2.45, 2.75) is 19.4 Å². The number of piperazine rings is 1. The summed E-state index contributed by atoms with van der Waals surface area (Å²) in [6.07, 6.45) is 0.934. The summed E-state index contributed by atoms with van der Waals surface area (Å²) in [7, 11) is 4.00.